The zero-order valence-corrected chi connectivity index (χ0v) is 22.1. The summed E-state index contributed by atoms with van der Waals surface area (Å²) < 4.78 is 2.75. The van der Waals surface area contributed by atoms with Crippen molar-refractivity contribution < 1.29 is 19.5 Å². The van der Waals surface area contributed by atoms with Gasteiger partial charge in [-0.3, -0.25) is 0 Å². The van der Waals surface area contributed by atoms with Crippen LogP contribution < -0.4 is 5.11 Å². The van der Waals surface area contributed by atoms with Crippen LogP contribution in [0, 0.1) is 0 Å². The molecule has 4 heteroatoms. The highest BCUT2D eigenvalue weighted by Gasteiger charge is 2.23. The van der Waals surface area contributed by atoms with Crippen LogP contribution in [0.15, 0.2) is 0 Å². The summed E-state index contributed by atoms with van der Waals surface area (Å²) in [6, 6.07) is 0. The first kappa shape index (κ1) is 36.2. The quantitative estimate of drug-likeness (QED) is 0.301. The van der Waals surface area contributed by atoms with E-state index in [4.69, 9.17) is 5.11 Å². The summed E-state index contributed by atoms with van der Waals surface area (Å²) in [7, 11) is 0.750. The third-order valence-electron chi connectivity index (χ3n) is 5.58. The van der Waals surface area contributed by atoms with Crippen LogP contribution in [0.2, 0.25) is 0 Å². The van der Waals surface area contributed by atoms with E-state index in [9.17, 15) is 0 Å². The van der Waals surface area contributed by atoms with Crippen LogP contribution >= 0.6 is 0 Å². The Labute approximate surface area is 186 Å². The van der Waals surface area contributed by atoms with Crippen LogP contribution in [0.1, 0.15) is 107 Å². The Morgan fingerprint density at radius 3 is 0.517 bits per heavy atom. The van der Waals surface area contributed by atoms with E-state index in [1.165, 1.54) is 113 Å². The van der Waals surface area contributed by atoms with Gasteiger partial charge in [-0.15, -0.1) is 0 Å². The highest BCUT2D eigenvalue weighted by Crippen LogP contribution is 2.13. The third-order valence-corrected chi connectivity index (χ3v) is 5.58. The Balaban J connectivity index is -0.000000192. The molecule has 0 aliphatic rings. The van der Waals surface area contributed by atoms with Gasteiger partial charge < -0.3 is 19.5 Å². The van der Waals surface area contributed by atoms with Crippen molar-refractivity contribution in [3.63, 3.8) is 0 Å². The molecule has 0 amide bonds. The second-order valence-corrected chi connectivity index (χ2v) is 8.47. The summed E-state index contributed by atoms with van der Waals surface area (Å²) in [4.78, 5) is 0. The first-order chi connectivity index (χ1) is 13.5. The molecule has 4 nitrogen and oxygen atoms in total. The Morgan fingerprint density at radius 2 is 0.448 bits per heavy atom. The lowest BCUT2D eigenvalue weighted by molar-refractivity contribution is -0.928. The lowest BCUT2D eigenvalue weighted by Crippen LogP contribution is -2.50. The molecule has 0 fully saturated rings. The molecule has 0 aromatic heterocycles. The predicted molar refractivity (Wildman–Crippen MR) is 130 cm³/mol. The van der Waals surface area contributed by atoms with E-state index in [0.29, 0.717) is 0 Å². The van der Waals surface area contributed by atoms with Gasteiger partial charge in [0.15, 0.2) is 0 Å². The molecule has 0 aromatic carbocycles. The van der Waals surface area contributed by atoms with E-state index in [0.717, 1.165) is 7.11 Å². The van der Waals surface area contributed by atoms with E-state index in [1.807, 2.05) is 0 Å². The van der Waals surface area contributed by atoms with Crippen molar-refractivity contribution in [3.8, 4) is 0 Å². The van der Waals surface area contributed by atoms with Crippen molar-refractivity contribution in [2.24, 2.45) is 0 Å². The molecular formula is C25H60N2O2. The van der Waals surface area contributed by atoms with Crippen LogP contribution in [0.4, 0.5) is 0 Å². The highest BCUT2D eigenvalue weighted by atomic mass is 16.2. The maximum atomic E-state index is 8.25. The number of hydrogen-bond acceptors (Lipinski definition) is 2. The Morgan fingerprint density at radius 1 is 0.345 bits per heavy atom. The molecule has 0 atom stereocenters. The normalized spacial score (nSPS) is 11.0. The number of nitrogens with zero attached hydrogens (tertiary/aromatic N) is 2. The molecule has 0 bridgehead atoms. The third kappa shape index (κ3) is 18.3. The molecule has 0 aliphatic heterocycles. The maximum absolute atomic E-state index is 8.25. The summed E-state index contributed by atoms with van der Waals surface area (Å²) in [6.07, 6.45) is 10.7. The molecule has 0 aromatic rings. The molecule has 0 spiro atoms. The predicted octanol–water partition coefficient (Wildman–Crippen LogP) is 5.69. The van der Waals surface area contributed by atoms with Gasteiger partial charge in [0, 0.05) is 0 Å². The number of rotatable bonds is 16. The van der Waals surface area contributed by atoms with Crippen molar-refractivity contribution >= 4 is 0 Å². The molecule has 0 heterocycles. The standard InChI is InChI=1S/2C12H28N.CH3O.H2O/c2*1-5-9-13(10-6-2,11-7-3)12-8-4;1-2;/h2*5-12H2,1-4H3;1H3;1H2/q2*+1;-1;/p-1. The Bertz CT molecular complexity index is 199. The van der Waals surface area contributed by atoms with Gasteiger partial charge in [-0.2, -0.15) is 7.11 Å². The van der Waals surface area contributed by atoms with Crippen molar-refractivity contribution in [3.05, 3.63) is 0 Å². The van der Waals surface area contributed by atoms with Gasteiger partial charge >= 0.3 is 0 Å². The fourth-order valence-corrected chi connectivity index (χ4v) is 5.14. The van der Waals surface area contributed by atoms with Gasteiger partial charge in [-0.05, 0) is 51.4 Å². The number of hydrogen-bond donors (Lipinski definition) is 0. The van der Waals surface area contributed by atoms with E-state index in [1.54, 1.807) is 0 Å². The minimum atomic E-state index is 0. The summed E-state index contributed by atoms with van der Waals surface area (Å²) in [5, 5.41) is 8.25. The Hall–Kier alpha value is -0.160. The lowest BCUT2D eigenvalue weighted by atomic mass is 10.2. The largest absolute Gasteiger partial charge is 0.870 e. The average Bonchev–Trinajstić information content (AvgIpc) is 2.66. The fraction of sp³-hybridized carbons (Fsp3) is 1.00. The van der Waals surface area contributed by atoms with Gasteiger partial charge in [-0.25, -0.2) is 0 Å². The van der Waals surface area contributed by atoms with Gasteiger partial charge in [-0.1, -0.05) is 55.4 Å². The van der Waals surface area contributed by atoms with Gasteiger partial charge in [0.25, 0.3) is 0 Å². The van der Waals surface area contributed by atoms with Gasteiger partial charge in [0.2, 0.25) is 0 Å². The highest BCUT2D eigenvalue weighted by molar-refractivity contribution is 4.45. The van der Waals surface area contributed by atoms with Crippen molar-refractivity contribution in [2.75, 3.05) is 59.5 Å². The van der Waals surface area contributed by atoms with Crippen LogP contribution in [0.25, 0.3) is 0 Å². The zero-order chi connectivity index (χ0) is 22.3. The first-order valence-corrected chi connectivity index (χ1v) is 12.6. The molecule has 0 aliphatic carbocycles. The molecule has 0 unspecified atom stereocenters. The smallest absolute Gasteiger partial charge is 0.0783 e. The second kappa shape index (κ2) is 25.9. The van der Waals surface area contributed by atoms with Crippen molar-refractivity contribution in [1.29, 1.82) is 0 Å². The van der Waals surface area contributed by atoms with Crippen LogP contribution in [0.3, 0.4) is 0 Å². The van der Waals surface area contributed by atoms with E-state index in [-0.39, 0.29) is 5.48 Å². The minimum absolute atomic E-state index is 0. The minimum Gasteiger partial charge on any atom is -0.870 e. The van der Waals surface area contributed by atoms with E-state index in [2.05, 4.69) is 55.4 Å². The van der Waals surface area contributed by atoms with Crippen LogP contribution in [-0.4, -0.2) is 73.9 Å². The zero-order valence-electron chi connectivity index (χ0n) is 22.1. The Kier molecular flexibility index (Phi) is 32.3. The van der Waals surface area contributed by atoms with Crippen molar-refractivity contribution in [1.82, 2.24) is 0 Å². The number of quaternary nitrogens is 2. The average molecular weight is 421 g/mol. The molecule has 29 heavy (non-hydrogen) atoms. The summed E-state index contributed by atoms with van der Waals surface area (Å²) >= 11 is 0. The summed E-state index contributed by atoms with van der Waals surface area (Å²) in [5.41, 5.74) is 0. The van der Waals surface area contributed by atoms with Gasteiger partial charge in [0.05, 0.1) is 52.4 Å². The van der Waals surface area contributed by atoms with Gasteiger partial charge in [0.1, 0.15) is 0 Å². The molecule has 0 rings (SSSR count). The molecule has 0 radical (unpaired) electrons. The topological polar surface area (TPSA) is 53.1 Å². The second-order valence-electron chi connectivity index (χ2n) is 8.47. The molecule has 182 valence electrons. The summed E-state index contributed by atoms with van der Waals surface area (Å²) in [5.74, 6) is 0. The monoisotopic (exact) mass is 420 g/mol. The van der Waals surface area contributed by atoms with Crippen LogP contribution in [-0.2, 0) is 0 Å². The molecule has 0 saturated heterocycles. The van der Waals surface area contributed by atoms with E-state index < -0.39 is 0 Å². The van der Waals surface area contributed by atoms with E-state index >= 15 is 0 Å². The maximum Gasteiger partial charge on any atom is 0.0783 e. The molecular weight excluding hydrogens is 360 g/mol. The lowest BCUT2D eigenvalue weighted by Gasteiger charge is -2.38. The van der Waals surface area contributed by atoms with Crippen molar-refractivity contribution in [2.45, 2.75) is 107 Å². The molecule has 0 saturated carbocycles. The fourth-order valence-electron chi connectivity index (χ4n) is 5.14. The SMILES string of the molecule is CCC[N+](CCC)(CCC)CCC.CCC[N+](CCC)(CCC)CCC.C[O-].[OH-]. The molecule has 1 N–H and O–H groups in total. The summed E-state index contributed by atoms with van der Waals surface area (Å²) in [6.45, 7) is 29.6. The first-order valence-electron chi connectivity index (χ1n) is 12.6. The van der Waals surface area contributed by atoms with Crippen LogP contribution in [0.5, 0.6) is 0 Å².